The van der Waals surface area contributed by atoms with Crippen molar-refractivity contribution in [2.45, 2.75) is 45.6 Å². The molecule has 0 bridgehead atoms. The summed E-state index contributed by atoms with van der Waals surface area (Å²) < 4.78 is 0. The van der Waals surface area contributed by atoms with Gasteiger partial charge in [-0.1, -0.05) is 13.8 Å². The summed E-state index contributed by atoms with van der Waals surface area (Å²) in [4.78, 5) is 13.9. The Kier molecular flexibility index (Phi) is 4.45. The van der Waals surface area contributed by atoms with Crippen LogP contribution in [0.15, 0.2) is 18.2 Å². The predicted molar refractivity (Wildman–Crippen MR) is 88.5 cm³/mol. The third-order valence-corrected chi connectivity index (χ3v) is 4.38. The number of nitrogens with two attached hydrogens (primary N) is 1. The molecule has 4 heteroatoms. The molecular formula is C17H27N3O. The molecule has 1 aromatic carbocycles. The average molecular weight is 289 g/mol. The molecule has 1 aliphatic rings. The Labute approximate surface area is 127 Å². The quantitative estimate of drug-likeness (QED) is 0.839. The van der Waals surface area contributed by atoms with Crippen LogP contribution in [0, 0.1) is 5.41 Å². The molecule has 0 aliphatic heterocycles. The van der Waals surface area contributed by atoms with Gasteiger partial charge in [-0.25, -0.2) is 0 Å². The third kappa shape index (κ3) is 3.90. The molecule has 4 nitrogen and oxygen atoms in total. The molecule has 1 amide bonds. The van der Waals surface area contributed by atoms with E-state index in [2.05, 4.69) is 19.2 Å². The van der Waals surface area contributed by atoms with Crippen LogP contribution < -0.4 is 11.1 Å². The first kappa shape index (κ1) is 15.7. The number of amides is 1. The highest BCUT2D eigenvalue weighted by molar-refractivity contribution is 6.00. The summed E-state index contributed by atoms with van der Waals surface area (Å²) in [5.74, 6) is 0.00800. The lowest BCUT2D eigenvalue weighted by molar-refractivity contribution is 0.0828. The fourth-order valence-corrected chi connectivity index (χ4v) is 2.87. The van der Waals surface area contributed by atoms with Gasteiger partial charge in [0.15, 0.2) is 0 Å². The van der Waals surface area contributed by atoms with Crippen molar-refractivity contribution in [3.63, 3.8) is 0 Å². The molecule has 0 spiro atoms. The number of anilines is 2. The molecule has 0 heterocycles. The number of carbonyl (C=O) groups is 1. The number of carbonyl (C=O) groups excluding carboxylic acids is 1. The van der Waals surface area contributed by atoms with Crippen molar-refractivity contribution in [3.05, 3.63) is 23.8 Å². The molecule has 0 atom stereocenters. The van der Waals surface area contributed by atoms with E-state index in [1.165, 1.54) is 12.8 Å². The number of hydrogen-bond acceptors (Lipinski definition) is 3. The lowest BCUT2D eigenvalue weighted by atomic mass is 9.75. The zero-order valence-corrected chi connectivity index (χ0v) is 13.6. The summed E-state index contributed by atoms with van der Waals surface area (Å²) in [6, 6.07) is 5.89. The van der Waals surface area contributed by atoms with Crippen LogP contribution >= 0.6 is 0 Å². The first-order valence-corrected chi connectivity index (χ1v) is 7.66. The lowest BCUT2D eigenvalue weighted by Crippen LogP contribution is -2.31. The summed E-state index contributed by atoms with van der Waals surface area (Å²) in [6.45, 7) is 4.65. The van der Waals surface area contributed by atoms with E-state index in [9.17, 15) is 4.79 Å². The van der Waals surface area contributed by atoms with Crippen LogP contribution in [0.25, 0.3) is 0 Å². The molecule has 1 aliphatic carbocycles. The lowest BCUT2D eigenvalue weighted by Gasteiger charge is -2.35. The minimum Gasteiger partial charge on any atom is -0.399 e. The highest BCUT2D eigenvalue weighted by Crippen LogP contribution is 2.36. The van der Waals surface area contributed by atoms with Crippen LogP contribution in [0.3, 0.4) is 0 Å². The molecule has 1 fully saturated rings. The van der Waals surface area contributed by atoms with Gasteiger partial charge in [-0.3, -0.25) is 4.79 Å². The van der Waals surface area contributed by atoms with Gasteiger partial charge in [0.05, 0.1) is 5.56 Å². The smallest absolute Gasteiger partial charge is 0.255 e. The first-order valence-electron chi connectivity index (χ1n) is 7.66. The number of benzene rings is 1. The minimum atomic E-state index is 0.00800. The van der Waals surface area contributed by atoms with Crippen molar-refractivity contribution in [1.29, 1.82) is 0 Å². The van der Waals surface area contributed by atoms with Gasteiger partial charge in [-0.05, 0) is 49.3 Å². The summed E-state index contributed by atoms with van der Waals surface area (Å²) in [7, 11) is 3.54. The van der Waals surface area contributed by atoms with Crippen molar-refractivity contribution in [2.24, 2.45) is 5.41 Å². The maximum atomic E-state index is 12.3. The van der Waals surface area contributed by atoms with Crippen molar-refractivity contribution in [1.82, 2.24) is 4.90 Å². The fourth-order valence-electron chi connectivity index (χ4n) is 2.87. The van der Waals surface area contributed by atoms with E-state index in [1.807, 2.05) is 12.1 Å². The second-order valence-corrected chi connectivity index (χ2v) is 7.09. The molecule has 0 unspecified atom stereocenters. The molecular weight excluding hydrogens is 262 g/mol. The van der Waals surface area contributed by atoms with Crippen molar-refractivity contribution >= 4 is 17.3 Å². The van der Waals surface area contributed by atoms with Crippen LogP contribution in [-0.2, 0) is 0 Å². The average Bonchev–Trinajstić information content (AvgIpc) is 2.40. The van der Waals surface area contributed by atoms with Gasteiger partial charge < -0.3 is 16.0 Å². The van der Waals surface area contributed by atoms with Crippen molar-refractivity contribution in [3.8, 4) is 0 Å². The normalized spacial score (nSPS) is 18.3. The van der Waals surface area contributed by atoms with E-state index < -0.39 is 0 Å². The molecule has 0 saturated heterocycles. The van der Waals surface area contributed by atoms with Crippen LogP contribution in [0.4, 0.5) is 11.4 Å². The Morgan fingerprint density at radius 3 is 2.48 bits per heavy atom. The fraction of sp³-hybridized carbons (Fsp3) is 0.588. The number of nitrogens with one attached hydrogen (secondary N) is 1. The minimum absolute atomic E-state index is 0.00800. The van der Waals surface area contributed by atoms with E-state index in [0.29, 0.717) is 22.7 Å². The van der Waals surface area contributed by atoms with Crippen LogP contribution in [0.1, 0.15) is 49.9 Å². The second kappa shape index (κ2) is 5.96. The van der Waals surface area contributed by atoms with E-state index in [0.717, 1.165) is 18.5 Å². The van der Waals surface area contributed by atoms with Crippen molar-refractivity contribution in [2.75, 3.05) is 25.1 Å². The number of hydrogen-bond donors (Lipinski definition) is 2. The molecule has 21 heavy (non-hydrogen) atoms. The summed E-state index contributed by atoms with van der Waals surface area (Å²) in [5, 5.41) is 3.54. The first-order chi connectivity index (χ1) is 9.78. The molecule has 1 aromatic rings. The maximum Gasteiger partial charge on any atom is 0.255 e. The molecule has 116 valence electrons. The van der Waals surface area contributed by atoms with E-state index >= 15 is 0 Å². The Hall–Kier alpha value is -1.71. The Morgan fingerprint density at radius 1 is 1.29 bits per heavy atom. The topological polar surface area (TPSA) is 58.4 Å². The van der Waals surface area contributed by atoms with Gasteiger partial charge in [0.2, 0.25) is 0 Å². The third-order valence-electron chi connectivity index (χ3n) is 4.38. The van der Waals surface area contributed by atoms with E-state index in [4.69, 9.17) is 5.73 Å². The number of nitrogens with zero attached hydrogens (tertiary/aromatic N) is 1. The van der Waals surface area contributed by atoms with Crippen LogP contribution in [0.2, 0.25) is 0 Å². The van der Waals surface area contributed by atoms with Gasteiger partial charge in [0.1, 0.15) is 0 Å². The Morgan fingerprint density at radius 2 is 1.90 bits per heavy atom. The zero-order valence-electron chi connectivity index (χ0n) is 13.6. The number of nitrogen functional groups attached to an aromatic ring is 1. The SMILES string of the molecule is CN(C)C(=O)c1ccc(N)cc1NC1CCC(C)(C)CC1. The standard InChI is InChI=1S/C17H27N3O/c1-17(2)9-7-13(8-10-17)19-15-11-12(18)5-6-14(15)16(21)20(3)4/h5-6,11,13,19H,7-10,18H2,1-4H3. The van der Waals surface area contributed by atoms with Gasteiger partial charge >= 0.3 is 0 Å². The predicted octanol–water partition coefficient (Wildman–Crippen LogP) is 3.35. The Balaban J connectivity index is 2.16. The largest absolute Gasteiger partial charge is 0.399 e. The van der Waals surface area contributed by atoms with E-state index in [1.54, 1.807) is 25.1 Å². The van der Waals surface area contributed by atoms with Gasteiger partial charge in [-0.15, -0.1) is 0 Å². The highest BCUT2D eigenvalue weighted by atomic mass is 16.2. The molecule has 3 N–H and O–H groups in total. The highest BCUT2D eigenvalue weighted by Gasteiger charge is 2.27. The molecule has 1 saturated carbocycles. The monoisotopic (exact) mass is 289 g/mol. The molecule has 0 aromatic heterocycles. The number of rotatable bonds is 3. The zero-order chi connectivity index (χ0) is 15.6. The van der Waals surface area contributed by atoms with Crippen LogP contribution in [0.5, 0.6) is 0 Å². The van der Waals surface area contributed by atoms with Gasteiger partial charge in [0, 0.05) is 31.5 Å². The summed E-state index contributed by atoms with van der Waals surface area (Å²) >= 11 is 0. The van der Waals surface area contributed by atoms with Gasteiger partial charge in [-0.2, -0.15) is 0 Å². The second-order valence-electron chi connectivity index (χ2n) is 7.09. The van der Waals surface area contributed by atoms with E-state index in [-0.39, 0.29) is 5.91 Å². The Bertz CT molecular complexity index is 513. The summed E-state index contributed by atoms with van der Waals surface area (Å²) in [5.41, 5.74) is 8.57. The summed E-state index contributed by atoms with van der Waals surface area (Å²) in [6.07, 6.45) is 4.70. The maximum absolute atomic E-state index is 12.3. The van der Waals surface area contributed by atoms with Gasteiger partial charge in [0.25, 0.3) is 5.91 Å². The molecule has 2 rings (SSSR count). The molecule has 0 radical (unpaired) electrons. The van der Waals surface area contributed by atoms with Crippen molar-refractivity contribution < 1.29 is 4.79 Å². The van der Waals surface area contributed by atoms with Crippen LogP contribution in [-0.4, -0.2) is 30.9 Å².